The number of hydrogen-bond acceptors (Lipinski definition) is 4. The summed E-state index contributed by atoms with van der Waals surface area (Å²) >= 11 is 1.29. The molecule has 0 radical (unpaired) electrons. The molecule has 2 heterocycles. The summed E-state index contributed by atoms with van der Waals surface area (Å²) in [5.74, 6) is 0.0835. The van der Waals surface area contributed by atoms with E-state index in [4.69, 9.17) is 0 Å². The summed E-state index contributed by atoms with van der Waals surface area (Å²) in [6.07, 6.45) is 3.57. The van der Waals surface area contributed by atoms with E-state index in [1.165, 1.54) is 24.0 Å². The van der Waals surface area contributed by atoms with Gasteiger partial charge in [0.05, 0.1) is 0 Å². The Morgan fingerprint density at radius 2 is 1.91 bits per heavy atom. The molecule has 1 aliphatic rings. The van der Waals surface area contributed by atoms with Gasteiger partial charge in [0, 0.05) is 25.4 Å². The van der Waals surface area contributed by atoms with Gasteiger partial charge in [-0.25, -0.2) is 4.98 Å². The fourth-order valence-corrected chi connectivity index (χ4v) is 3.56. The Morgan fingerprint density at radius 3 is 2.59 bits per heavy atom. The summed E-state index contributed by atoms with van der Waals surface area (Å²) in [4.78, 5) is 33.0. The van der Waals surface area contributed by atoms with Crippen LogP contribution in [0.15, 0.2) is 52.5 Å². The van der Waals surface area contributed by atoms with Crippen molar-refractivity contribution >= 4 is 17.7 Å². The number of amides is 1. The van der Waals surface area contributed by atoms with E-state index in [2.05, 4.69) is 9.97 Å². The Labute approximate surface area is 132 Å². The second kappa shape index (κ2) is 6.79. The third-order valence-corrected chi connectivity index (χ3v) is 4.76. The number of benzene rings is 1. The molecular formula is C16H17N3O2S. The number of H-pyrrole nitrogens is 1. The van der Waals surface area contributed by atoms with Gasteiger partial charge in [-0.15, -0.1) is 0 Å². The zero-order chi connectivity index (χ0) is 15.4. The van der Waals surface area contributed by atoms with Crippen LogP contribution in [0.25, 0.3) is 0 Å². The lowest BCUT2D eigenvalue weighted by Crippen LogP contribution is -2.31. The van der Waals surface area contributed by atoms with Gasteiger partial charge in [0.1, 0.15) is 5.25 Å². The summed E-state index contributed by atoms with van der Waals surface area (Å²) in [6, 6.07) is 11.0. The smallest absolute Gasteiger partial charge is 0.251 e. The van der Waals surface area contributed by atoms with Crippen LogP contribution in [0.4, 0.5) is 0 Å². The number of rotatable bonds is 4. The van der Waals surface area contributed by atoms with Gasteiger partial charge in [0.25, 0.3) is 5.56 Å². The maximum atomic E-state index is 12.8. The van der Waals surface area contributed by atoms with Crippen molar-refractivity contribution in [1.29, 1.82) is 0 Å². The first-order valence-corrected chi connectivity index (χ1v) is 8.18. The quantitative estimate of drug-likeness (QED) is 0.694. The van der Waals surface area contributed by atoms with Gasteiger partial charge in [-0.05, 0) is 18.4 Å². The average Bonchev–Trinajstić information content (AvgIpc) is 3.07. The normalized spacial score (nSPS) is 15.7. The Balaban J connectivity index is 1.89. The largest absolute Gasteiger partial charge is 0.341 e. The minimum atomic E-state index is -0.384. The van der Waals surface area contributed by atoms with Crippen LogP contribution in [0.2, 0.25) is 0 Å². The molecule has 5 nitrogen and oxygen atoms in total. The first-order valence-electron chi connectivity index (χ1n) is 7.30. The van der Waals surface area contributed by atoms with Crippen LogP contribution in [-0.2, 0) is 4.79 Å². The Kier molecular flexibility index (Phi) is 4.58. The van der Waals surface area contributed by atoms with Crippen LogP contribution < -0.4 is 5.56 Å². The SMILES string of the molecule is O=C([C@H](Sc1nccc(=O)[nH]1)c1ccccc1)N1CCCC1. The second-order valence-corrected chi connectivity index (χ2v) is 6.27. The highest BCUT2D eigenvalue weighted by atomic mass is 32.2. The lowest BCUT2D eigenvalue weighted by molar-refractivity contribution is -0.129. The van der Waals surface area contributed by atoms with Gasteiger partial charge in [-0.2, -0.15) is 0 Å². The molecule has 22 heavy (non-hydrogen) atoms. The van der Waals surface area contributed by atoms with Gasteiger partial charge < -0.3 is 9.88 Å². The maximum Gasteiger partial charge on any atom is 0.251 e. The molecule has 0 bridgehead atoms. The summed E-state index contributed by atoms with van der Waals surface area (Å²) in [6.45, 7) is 1.61. The van der Waals surface area contributed by atoms with Crippen LogP contribution in [0, 0.1) is 0 Å². The van der Waals surface area contributed by atoms with Crippen molar-refractivity contribution in [2.45, 2.75) is 23.2 Å². The minimum Gasteiger partial charge on any atom is -0.341 e. The van der Waals surface area contributed by atoms with Crippen molar-refractivity contribution in [3.8, 4) is 0 Å². The van der Waals surface area contributed by atoms with E-state index in [-0.39, 0.29) is 16.7 Å². The molecule has 3 rings (SSSR count). The van der Waals surface area contributed by atoms with Gasteiger partial charge in [-0.1, -0.05) is 42.1 Å². The van der Waals surface area contributed by atoms with Crippen LogP contribution in [0.5, 0.6) is 0 Å². The fraction of sp³-hybridized carbons (Fsp3) is 0.312. The summed E-state index contributed by atoms with van der Waals surface area (Å²) in [5, 5.41) is 0.0822. The summed E-state index contributed by atoms with van der Waals surface area (Å²) < 4.78 is 0. The highest BCUT2D eigenvalue weighted by Gasteiger charge is 2.29. The van der Waals surface area contributed by atoms with E-state index in [1.807, 2.05) is 35.2 Å². The topological polar surface area (TPSA) is 66.1 Å². The first-order chi connectivity index (χ1) is 10.7. The molecule has 6 heteroatoms. The Bertz CT molecular complexity index is 696. The van der Waals surface area contributed by atoms with Gasteiger partial charge in [-0.3, -0.25) is 9.59 Å². The molecule has 1 N–H and O–H groups in total. The summed E-state index contributed by atoms with van der Waals surface area (Å²) in [5.41, 5.74) is 0.717. The Morgan fingerprint density at radius 1 is 1.18 bits per heavy atom. The van der Waals surface area contributed by atoms with Crippen molar-refractivity contribution < 1.29 is 4.79 Å². The number of carbonyl (C=O) groups is 1. The van der Waals surface area contributed by atoms with Gasteiger partial charge >= 0.3 is 0 Å². The fourth-order valence-electron chi connectivity index (χ4n) is 2.52. The van der Waals surface area contributed by atoms with Gasteiger partial charge in [0.2, 0.25) is 5.91 Å². The molecule has 1 aromatic carbocycles. The second-order valence-electron chi connectivity index (χ2n) is 5.18. The number of nitrogens with zero attached hydrogens (tertiary/aromatic N) is 2. The molecule has 1 amide bonds. The van der Waals surface area contributed by atoms with Crippen molar-refractivity contribution in [3.63, 3.8) is 0 Å². The first kappa shape index (κ1) is 14.8. The third kappa shape index (κ3) is 3.39. The predicted molar refractivity (Wildman–Crippen MR) is 85.7 cm³/mol. The van der Waals surface area contributed by atoms with Gasteiger partial charge in [0.15, 0.2) is 5.16 Å². The third-order valence-electron chi connectivity index (χ3n) is 3.62. The van der Waals surface area contributed by atoms with Crippen LogP contribution >= 0.6 is 11.8 Å². The molecule has 0 spiro atoms. The maximum absolute atomic E-state index is 12.8. The lowest BCUT2D eigenvalue weighted by Gasteiger charge is -2.22. The summed E-state index contributed by atoms with van der Waals surface area (Å²) in [7, 11) is 0. The molecule has 1 atom stereocenters. The van der Waals surface area contributed by atoms with Crippen LogP contribution in [0.1, 0.15) is 23.7 Å². The standard InChI is InChI=1S/C16H17N3O2S/c20-13-8-9-17-16(18-13)22-14(12-6-2-1-3-7-12)15(21)19-10-4-5-11-19/h1-3,6-9,14H,4-5,10-11H2,(H,17,18,20)/t14-/m1/s1. The van der Waals surface area contributed by atoms with E-state index in [0.29, 0.717) is 5.16 Å². The molecule has 0 saturated carbocycles. The number of aromatic nitrogens is 2. The molecule has 1 fully saturated rings. The Hall–Kier alpha value is -2.08. The number of thioether (sulfide) groups is 1. The van der Waals surface area contributed by atoms with Crippen LogP contribution in [-0.4, -0.2) is 33.9 Å². The zero-order valence-electron chi connectivity index (χ0n) is 12.1. The number of hydrogen-bond donors (Lipinski definition) is 1. The molecule has 1 aromatic heterocycles. The number of aromatic amines is 1. The minimum absolute atomic E-state index is 0.0835. The molecule has 0 aliphatic carbocycles. The van der Waals surface area contributed by atoms with Crippen molar-refractivity contribution in [3.05, 3.63) is 58.5 Å². The van der Waals surface area contributed by atoms with E-state index >= 15 is 0 Å². The lowest BCUT2D eigenvalue weighted by atomic mass is 10.1. The molecule has 2 aromatic rings. The monoisotopic (exact) mass is 315 g/mol. The van der Waals surface area contributed by atoms with E-state index in [9.17, 15) is 9.59 Å². The van der Waals surface area contributed by atoms with E-state index in [1.54, 1.807) is 0 Å². The number of carbonyl (C=O) groups excluding carboxylic acids is 1. The number of nitrogens with one attached hydrogen (secondary N) is 1. The average molecular weight is 315 g/mol. The predicted octanol–water partition coefficient (Wildman–Crippen LogP) is 2.23. The molecule has 114 valence electrons. The van der Waals surface area contributed by atoms with Crippen molar-refractivity contribution in [2.75, 3.05) is 13.1 Å². The van der Waals surface area contributed by atoms with Crippen molar-refractivity contribution in [1.82, 2.24) is 14.9 Å². The molecular weight excluding hydrogens is 298 g/mol. The van der Waals surface area contributed by atoms with Crippen LogP contribution in [0.3, 0.4) is 0 Å². The zero-order valence-corrected chi connectivity index (χ0v) is 12.9. The van der Waals surface area contributed by atoms with E-state index in [0.717, 1.165) is 31.5 Å². The van der Waals surface area contributed by atoms with Crippen molar-refractivity contribution in [2.24, 2.45) is 0 Å². The molecule has 1 aliphatic heterocycles. The number of likely N-dealkylation sites (tertiary alicyclic amines) is 1. The highest BCUT2D eigenvalue weighted by molar-refractivity contribution is 8.00. The molecule has 1 saturated heterocycles. The highest BCUT2D eigenvalue weighted by Crippen LogP contribution is 2.35. The molecule has 0 unspecified atom stereocenters. The van der Waals surface area contributed by atoms with E-state index < -0.39 is 0 Å².